The van der Waals surface area contributed by atoms with Gasteiger partial charge >= 0.3 is 0 Å². The SMILES string of the molecule is CN(Cc1ccccc1N)C(=O)C1CCOC1. The molecule has 0 aliphatic carbocycles. The zero-order chi connectivity index (χ0) is 12.3. The summed E-state index contributed by atoms with van der Waals surface area (Å²) in [5.41, 5.74) is 7.58. The molecule has 1 heterocycles. The summed E-state index contributed by atoms with van der Waals surface area (Å²) in [5, 5.41) is 0. The topological polar surface area (TPSA) is 55.6 Å². The molecular formula is C13H18N2O2. The number of hydrogen-bond acceptors (Lipinski definition) is 3. The summed E-state index contributed by atoms with van der Waals surface area (Å²) in [6, 6.07) is 7.63. The molecule has 17 heavy (non-hydrogen) atoms. The Balaban J connectivity index is 1.99. The van der Waals surface area contributed by atoms with Crippen LogP contribution in [0.4, 0.5) is 5.69 Å². The molecule has 1 unspecified atom stereocenters. The van der Waals surface area contributed by atoms with Gasteiger partial charge in [-0.15, -0.1) is 0 Å². The fraction of sp³-hybridized carbons (Fsp3) is 0.462. The van der Waals surface area contributed by atoms with Gasteiger partial charge in [0.25, 0.3) is 0 Å². The van der Waals surface area contributed by atoms with Crippen LogP contribution in [0.3, 0.4) is 0 Å². The summed E-state index contributed by atoms with van der Waals surface area (Å²) >= 11 is 0. The summed E-state index contributed by atoms with van der Waals surface area (Å²) in [6.07, 6.45) is 0.827. The minimum Gasteiger partial charge on any atom is -0.398 e. The van der Waals surface area contributed by atoms with Gasteiger partial charge in [0.05, 0.1) is 12.5 Å². The maximum atomic E-state index is 12.1. The number of rotatable bonds is 3. The summed E-state index contributed by atoms with van der Waals surface area (Å²) in [4.78, 5) is 13.8. The molecule has 1 aromatic carbocycles. The van der Waals surface area contributed by atoms with Gasteiger partial charge in [-0.25, -0.2) is 0 Å². The van der Waals surface area contributed by atoms with Crippen LogP contribution in [0.25, 0.3) is 0 Å². The first kappa shape index (κ1) is 11.9. The quantitative estimate of drug-likeness (QED) is 0.801. The molecular weight excluding hydrogens is 216 g/mol. The normalized spacial score (nSPS) is 19.2. The van der Waals surface area contributed by atoms with Crippen molar-refractivity contribution in [1.82, 2.24) is 4.90 Å². The van der Waals surface area contributed by atoms with Crippen LogP contribution in [0.2, 0.25) is 0 Å². The Morgan fingerprint density at radius 3 is 2.94 bits per heavy atom. The molecule has 4 heteroatoms. The van der Waals surface area contributed by atoms with Gasteiger partial charge in [0, 0.05) is 25.9 Å². The lowest BCUT2D eigenvalue weighted by Gasteiger charge is -2.21. The van der Waals surface area contributed by atoms with E-state index in [4.69, 9.17) is 10.5 Å². The van der Waals surface area contributed by atoms with Gasteiger partial charge in [-0.05, 0) is 18.1 Å². The summed E-state index contributed by atoms with van der Waals surface area (Å²) in [5.74, 6) is 0.163. The predicted molar refractivity (Wildman–Crippen MR) is 66.3 cm³/mol. The van der Waals surface area contributed by atoms with Crippen molar-refractivity contribution in [3.05, 3.63) is 29.8 Å². The number of amides is 1. The number of nitrogens with two attached hydrogens (primary N) is 1. The van der Waals surface area contributed by atoms with E-state index in [1.54, 1.807) is 4.90 Å². The average Bonchev–Trinajstić information content (AvgIpc) is 2.84. The number of benzene rings is 1. The molecule has 4 nitrogen and oxygen atoms in total. The number of para-hydroxylation sites is 1. The minimum absolute atomic E-state index is 0.0185. The van der Waals surface area contributed by atoms with Crippen LogP contribution in [-0.4, -0.2) is 31.1 Å². The molecule has 0 aromatic heterocycles. The molecule has 0 spiro atoms. The largest absolute Gasteiger partial charge is 0.398 e. The highest BCUT2D eigenvalue weighted by molar-refractivity contribution is 5.79. The Morgan fingerprint density at radius 1 is 1.53 bits per heavy atom. The number of carbonyl (C=O) groups is 1. The van der Waals surface area contributed by atoms with Crippen LogP contribution in [0.1, 0.15) is 12.0 Å². The molecule has 1 aliphatic heterocycles. The van der Waals surface area contributed by atoms with E-state index in [0.29, 0.717) is 19.8 Å². The molecule has 1 saturated heterocycles. The first-order valence-corrected chi connectivity index (χ1v) is 5.84. The van der Waals surface area contributed by atoms with Crippen LogP contribution in [-0.2, 0) is 16.1 Å². The number of nitrogens with zero attached hydrogens (tertiary/aromatic N) is 1. The Bertz CT molecular complexity index is 400. The van der Waals surface area contributed by atoms with Crippen molar-refractivity contribution in [1.29, 1.82) is 0 Å². The van der Waals surface area contributed by atoms with Gasteiger partial charge < -0.3 is 15.4 Å². The van der Waals surface area contributed by atoms with Gasteiger partial charge in [0.15, 0.2) is 0 Å². The third-order valence-electron chi connectivity index (χ3n) is 3.12. The van der Waals surface area contributed by atoms with Crippen molar-refractivity contribution >= 4 is 11.6 Å². The predicted octanol–water partition coefficient (Wildman–Crippen LogP) is 1.26. The Morgan fingerprint density at radius 2 is 2.29 bits per heavy atom. The van der Waals surface area contributed by atoms with Crippen molar-refractivity contribution in [2.75, 3.05) is 26.0 Å². The molecule has 1 aromatic rings. The fourth-order valence-electron chi connectivity index (χ4n) is 2.05. The molecule has 1 atom stereocenters. The lowest BCUT2D eigenvalue weighted by Crippen LogP contribution is -2.32. The Labute approximate surface area is 101 Å². The molecule has 0 bridgehead atoms. The minimum atomic E-state index is 0.0185. The highest BCUT2D eigenvalue weighted by atomic mass is 16.5. The zero-order valence-corrected chi connectivity index (χ0v) is 10.1. The third-order valence-corrected chi connectivity index (χ3v) is 3.12. The average molecular weight is 234 g/mol. The number of ether oxygens (including phenoxy) is 1. The molecule has 2 N–H and O–H groups in total. The maximum Gasteiger partial charge on any atom is 0.228 e. The molecule has 0 saturated carbocycles. The fourth-order valence-corrected chi connectivity index (χ4v) is 2.05. The van der Waals surface area contributed by atoms with Gasteiger partial charge in [-0.3, -0.25) is 4.79 Å². The van der Waals surface area contributed by atoms with Crippen molar-refractivity contribution in [2.45, 2.75) is 13.0 Å². The van der Waals surface area contributed by atoms with E-state index in [9.17, 15) is 4.79 Å². The Hall–Kier alpha value is -1.55. The molecule has 0 radical (unpaired) electrons. The highest BCUT2D eigenvalue weighted by Crippen LogP contribution is 2.18. The smallest absolute Gasteiger partial charge is 0.228 e. The number of nitrogen functional groups attached to an aromatic ring is 1. The zero-order valence-electron chi connectivity index (χ0n) is 10.1. The van der Waals surface area contributed by atoms with E-state index in [1.807, 2.05) is 31.3 Å². The molecule has 1 amide bonds. The lowest BCUT2D eigenvalue weighted by atomic mass is 10.1. The molecule has 1 aliphatic rings. The van der Waals surface area contributed by atoms with Crippen molar-refractivity contribution in [3.8, 4) is 0 Å². The lowest BCUT2D eigenvalue weighted by molar-refractivity contribution is -0.134. The van der Waals surface area contributed by atoms with Gasteiger partial charge in [0.2, 0.25) is 5.91 Å². The first-order chi connectivity index (χ1) is 8.18. The van der Waals surface area contributed by atoms with E-state index in [2.05, 4.69) is 0 Å². The summed E-state index contributed by atoms with van der Waals surface area (Å²) < 4.78 is 5.23. The maximum absolute atomic E-state index is 12.1. The van der Waals surface area contributed by atoms with E-state index in [0.717, 1.165) is 17.7 Å². The van der Waals surface area contributed by atoms with E-state index >= 15 is 0 Å². The van der Waals surface area contributed by atoms with E-state index < -0.39 is 0 Å². The van der Waals surface area contributed by atoms with Crippen molar-refractivity contribution in [2.24, 2.45) is 5.92 Å². The summed E-state index contributed by atoms with van der Waals surface area (Å²) in [7, 11) is 1.81. The second kappa shape index (κ2) is 5.19. The van der Waals surface area contributed by atoms with E-state index in [1.165, 1.54) is 0 Å². The first-order valence-electron chi connectivity index (χ1n) is 5.84. The summed E-state index contributed by atoms with van der Waals surface area (Å²) in [6.45, 7) is 1.80. The van der Waals surface area contributed by atoms with Crippen LogP contribution in [0.15, 0.2) is 24.3 Å². The standard InChI is InChI=1S/C13H18N2O2/c1-15(13(16)11-6-7-17-9-11)8-10-4-2-3-5-12(10)14/h2-5,11H,6-9,14H2,1H3. The van der Waals surface area contributed by atoms with Crippen molar-refractivity contribution in [3.63, 3.8) is 0 Å². The number of anilines is 1. The Kier molecular flexibility index (Phi) is 3.64. The molecule has 2 rings (SSSR count). The van der Waals surface area contributed by atoms with Gasteiger partial charge in [-0.1, -0.05) is 18.2 Å². The van der Waals surface area contributed by atoms with Gasteiger partial charge in [0.1, 0.15) is 0 Å². The third kappa shape index (κ3) is 2.77. The van der Waals surface area contributed by atoms with Crippen LogP contribution in [0, 0.1) is 5.92 Å². The van der Waals surface area contributed by atoms with E-state index in [-0.39, 0.29) is 11.8 Å². The molecule has 92 valence electrons. The van der Waals surface area contributed by atoms with Crippen LogP contribution >= 0.6 is 0 Å². The monoisotopic (exact) mass is 234 g/mol. The van der Waals surface area contributed by atoms with Crippen LogP contribution < -0.4 is 5.73 Å². The second-order valence-corrected chi connectivity index (χ2v) is 4.45. The second-order valence-electron chi connectivity index (χ2n) is 4.45. The number of carbonyl (C=O) groups excluding carboxylic acids is 1. The highest BCUT2D eigenvalue weighted by Gasteiger charge is 2.26. The number of hydrogen-bond donors (Lipinski definition) is 1. The molecule has 1 fully saturated rings. The van der Waals surface area contributed by atoms with Gasteiger partial charge in [-0.2, -0.15) is 0 Å². The van der Waals surface area contributed by atoms with Crippen LogP contribution in [0.5, 0.6) is 0 Å². The van der Waals surface area contributed by atoms with Crippen molar-refractivity contribution < 1.29 is 9.53 Å².